The van der Waals surface area contributed by atoms with Gasteiger partial charge in [0.05, 0.1) is 17.9 Å². The maximum absolute atomic E-state index is 12.4. The number of sulfonamides is 1. The molecule has 1 aliphatic rings. The van der Waals surface area contributed by atoms with Crippen molar-refractivity contribution in [2.75, 3.05) is 32.8 Å². The zero-order valence-electron chi connectivity index (χ0n) is 12.4. The second-order valence-electron chi connectivity index (χ2n) is 4.78. The molecule has 0 amide bonds. The van der Waals surface area contributed by atoms with Gasteiger partial charge < -0.3 is 10.1 Å². The van der Waals surface area contributed by atoms with Crippen LogP contribution in [-0.4, -0.2) is 51.5 Å². The number of halogens is 1. The molecule has 8 heteroatoms. The van der Waals surface area contributed by atoms with E-state index >= 15 is 0 Å². The van der Waals surface area contributed by atoms with E-state index in [0.29, 0.717) is 32.8 Å². The summed E-state index contributed by atoms with van der Waals surface area (Å²) >= 11 is 0. The van der Waals surface area contributed by atoms with Crippen molar-refractivity contribution in [3.8, 4) is 0 Å². The Balaban J connectivity index is 0.00000242. The Bertz CT molecular complexity index is 583. The van der Waals surface area contributed by atoms with Crippen LogP contribution in [0, 0.1) is 0 Å². The molecule has 0 aliphatic carbocycles. The molecule has 1 aromatic carbocycles. The van der Waals surface area contributed by atoms with E-state index < -0.39 is 10.0 Å². The summed E-state index contributed by atoms with van der Waals surface area (Å²) in [4.78, 5) is 11.6. The van der Waals surface area contributed by atoms with Crippen LogP contribution in [0.3, 0.4) is 0 Å². The average Bonchev–Trinajstić information content (AvgIpc) is 2.49. The van der Waals surface area contributed by atoms with E-state index in [1.807, 2.05) is 0 Å². The van der Waals surface area contributed by atoms with Gasteiger partial charge in [0.15, 0.2) is 0 Å². The monoisotopic (exact) mass is 348 g/mol. The van der Waals surface area contributed by atoms with Crippen LogP contribution >= 0.6 is 12.4 Å². The number of rotatable bonds is 5. The van der Waals surface area contributed by atoms with Crippen molar-refractivity contribution in [3.63, 3.8) is 0 Å². The van der Waals surface area contributed by atoms with Gasteiger partial charge in [-0.05, 0) is 24.6 Å². The van der Waals surface area contributed by atoms with E-state index in [-0.39, 0.29) is 29.7 Å². The van der Waals surface area contributed by atoms with Gasteiger partial charge >= 0.3 is 5.97 Å². The summed E-state index contributed by atoms with van der Waals surface area (Å²) in [6, 6.07) is 6.41. The van der Waals surface area contributed by atoms with Crippen LogP contribution in [0.2, 0.25) is 0 Å². The molecule has 2 rings (SSSR count). The topological polar surface area (TPSA) is 75.7 Å². The first kappa shape index (κ1) is 18.9. The van der Waals surface area contributed by atoms with Gasteiger partial charge in [-0.3, -0.25) is 4.79 Å². The molecule has 1 saturated heterocycles. The summed E-state index contributed by atoms with van der Waals surface area (Å²) in [6.45, 7) is 4.38. The molecule has 0 unspecified atom stereocenters. The molecular formula is C14H21ClN2O4S. The molecule has 22 heavy (non-hydrogen) atoms. The van der Waals surface area contributed by atoms with Gasteiger partial charge in [-0.2, -0.15) is 4.31 Å². The van der Waals surface area contributed by atoms with Crippen molar-refractivity contribution in [1.82, 2.24) is 9.62 Å². The second kappa shape index (κ2) is 8.47. The predicted octanol–water partition coefficient (Wildman–Crippen LogP) is 0.808. The maximum Gasteiger partial charge on any atom is 0.310 e. The Hall–Kier alpha value is -1.15. The van der Waals surface area contributed by atoms with Crippen molar-refractivity contribution in [2.45, 2.75) is 18.2 Å². The molecule has 0 aromatic heterocycles. The fourth-order valence-corrected chi connectivity index (χ4v) is 3.63. The largest absolute Gasteiger partial charge is 0.466 e. The molecule has 1 heterocycles. The highest BCUT2D eigenvalue weighted by molar-refractivity contribution is 7.89. The Morgan fingerprint density at radius 2 is 1.82 bits per heavy atom. The Labute approximate surface area is 137 Å². The number of benzene rings is 1. The molecule has 0 bridgehead atoms. The van der Waals surface area contributed by atoms with Crippen LogP contribution in [0.1, 0.15) is 12.5 Å². The molecule has 0 radical (unpaired) electrons. The first-order valence-electron chi connectivity index (χ1n) is 6.99. The van der Waals surface area contributed by atoms with Crippen LogP contribution in [0.15, 0.2) is 29.2 Å². The van der Waals surface area contributed by atoms with Crippen LogP contribution in [0.4, 0.5) is 0 Å². The number of piperazine rings is 1. The maximum atomic E-state index is 12.4. The number of nitrogens with one attached hydrogen (secondary N) is 1. The molecule has 6 nitrogen and oxygen atoms in total. The van der Waals surface area contributed by atoms with Crippen LogP contribution < -0.4 is 5.32 Å². The minimum atomic E-state index is -3.44. The number of hydrogen-bond acceptors (Lipinski definition) is 5. The first-order valence-corrected chi connectivity index (χ1v) is 8.43. The number of ether oxygens (including phenoxy) is 1. The van der Waals surface area contributed by atoms with Crippen LogP contribution in [-0.2, 0) is 26.0 Å². The van der Waals surface area contributed by atoms with E-state index in [4.69, 9.17) is 4.74 Å². The van der Waals surface area contributed by atoms with Crippen molar-refractivity contribution >= 4 is 28.4 Å². The smallest absolute Gasteiger partial charge is 0.310 e. The average molecular weight is 349 g/mol. The summed E-state index contributed by atoms with van der Waals surface area (Å²) < 4.78 is 31.2. The third-order valence-corrected chi connectivity index (χ3v) is 5.20. The van der Waals surface area contributed by atoms with Gasteiger partial charge in [-0.25, -0.2) is 8.42 Å². The summed E-state index contributed by atoms with van der Waals surface area (Å²) in [7, 11) is -3.44. The minimum absolute atomic E-state index is 0. The number of carbonyl (C=O) groups is 1. The zero-order chi connectivity index (χ0) is 15.3. The fourth-order valence-electron chi connectivity index (χ4n) is 2.19. The van der Waals surface area contributed by atoms with Gasteiger partial charge in [0.1, 0.15) is 0 Å². The molecule has 1 fully saturated rings. The summed E-state index contributed by atoms with van der Waals surface area (Å²) in [5, 5.41) is 3.12. The lowest BCUT2D eigenvalue weighted by atomic mass is 10.1. The van der Waals surface area contributed by atoms with E-state index in [0.717, 1.165) is 5.56 Å². The quantitative estimate of drug-likeness (QED) is 0.797. The number of hydrogen-bond donors (Lipinski definition) is 1. The highest BCUT2D eigenvalue weighted by Gasteiger charge is 2.25. The third-order valence-electron chi connectivity index (χ3n) is 3.29. The van der Waals surface area contributed by atoms with Crippen molar-refractivity contribution < 1.29 is 17.9 Å². The second-order valence-corrected chi connectivity index (χ2v) is 6.72. The lowest BCUT2D eigenvalue weighted by Gasteiger charge is -2.26. The predicted molar refractivity (Wildman–Crippen MR) is 85.7 cm³/mol. The van der Waals surface area contributed by atoms with Crippen molar-refractivity contribution in [1.29, 1.82) is 0 Å². The summed E-state index contributed by atoms with van der Waals surface area (Å²) in [6.07, 6.45) is 0.155. The third kappa shape index (κ3) is 4.67. The molecular weight excluding hydrogens is 328 g/mol. The van der Waals surface area contributed by atoms with E-state index in [1.54, 1.807) is 31.2 Å². The Kier molecular flexibility index (Phi) is 7.28. The van der Waals surface area contributed by atoms with Gasteiger partial charge in [0, 0.05) is 26.2 Å². The Morgan fingerprint density at radius 3 is 2.36 bits per heavy atom. The van der Waals surface area contributed by atoms with Crippen molar-refractivity contribution in [3.05, 3.63) is 29.8 Å². The van der Waals surface area contributed by atoms with E-state index in [9.17, 15) is 13.2 Å². The number of carbonyl (C=O) groups excluding carboxylic acids is 1. The lowest BCUT2D eigenvalue weighted by molar-refractivity contribution is -0.142. The van der Waals surface area contributed by atoms with Crippen molar-refractivity contribution in [2.24, 2.45) is 0 Å². The van der Waals surface area contributed by atoms with E-state index in [2.05, 4.69) is 5.32 Å². The Morgan fingerprint density at radius 1 is 1.23 bits per heavy atom. The standard InChI is InChI=1S/C14H20N2O4S.ClH/c1-2-20-14(17)11-12-3-5-13(6-4-12)21(18,19)16-9-7-15-8-10-16;/h3-6,15H,2,7-11H2,1H3;1H. The zero-order valence-corrected chi connectivity index (χ0v) is 14.1. The molecule has 1 aliphatic heterocycles. The number of nitrogens with zero attached hydrogens (tertiary/aromatic N) is 1. The normalized spacial score (nSPS) is 15.9. The van der Waals surface area contributed by atoms with Gasteiger partial charge in [-0.15, -0.1) is 12.4 Å². The highest BCUT2D eigenvalue weighted by Crippen LogP contribution is 2.17. The highest BCUT2D eigenvalue weighted by atomic mass is 35.5. The molecule has 124 valence electrons. The summed E-state index contributed by atoms with van der Waals surface area (Å²) in [5.41, 5.74) is 0.743. The number of esters is 1. The first-order chi connectivity index (χ1) is 10.0. The molecule has 0 spiro atoms. The molecule has 1 N–H and O–H groups in total. The van der Waals surface area contributed by atoms with Gasteiger partial charge in [0.2, 0.25) is 10.0 Å². The van der Waals surface area contributed by atoms with Crippen LogP contribution in [0.25, 0.3) is 0 Å². The lowest BCUT2D eigenvalue weighted by Crippen LogP contribution is -2.46. The molecule has 0 atom stereocenters. The van der Waals surface area contributed by atoms with Gasteiger partial charge in [0.25, 0.3) is 0 Å². The molecule has 1 aromatic rings. The summed E-state index contributed by atoms with van der Waals surface area (Å²) in [5.74, 6) is -0.310. The SMILES string of the molecule is CCOC(=O)Cc1ccc(S(=O)(=O)N2CCNCC2)cc1.Cl. The fraction of sp³-hybridized carbons (Fsp3) is 0.500. The minimum Gasteiger partial charge on any atom is -0.466 e. The molecule has 0 saturated carbocycles. The van der Waals surface area contributed by atoms with Gasteiger partial charge in [-0.1, -0.05) is 12.1 Å². The van der Waals surface area contributed by atoms with Crippen LogP contribution in [0.5, 0.6) is 0 Å². The van der Waals surface area contributed by atoms with E-state index in [1.165, 1.54) is 4.31 Å².